The van der Waals surface area contributed by atoms with Crippen molar-refractivity contribution >= 4 is 35.8 Å². The number of rotatable bonds is 12. The summed E-state index contributed by atoms with van der Waals surface area (Å²) in [6.45, 7) is 10.5. The Kier molecular flexibility index (Phi) is 12.6. The van der Waals surface area contributed by atoms with Crippen molar-refractivity contribution in [3.8, 4) is 11.5 Å². The number of nitrogens with two attached hydrogens (primary N) is 1. The number of aliphatic imine (C=N–C) groups is 1. The molecule has 178 valence electrons. The largest absolute Gasteiger partial charge is 0.490 e. The first-order valence-corrected chi connectivity index (χ1v) is 10.8. The molecule has 8 nitrogen and oxygen atoms in total. The number of guanidine groups is 1. The Morgan fingerprint density at radius 3 is 2.38 bits per heavy atom. The summed E-state index contributed by atoms with van der Waals surface area (Å²) in [7, 11) is 0. The van der Waals surface area contributed by atoms with E-state index in [1.807, 2.05) is 25.1 Å². The van der Waals surface area contributed by atoms with Crippen LogP contribution in [0.15, 0.2) is 39.7 Å². The number of ether oxygens (including phenoxy) is 2. The second kappa shape index (κ2) is 14.6. The third-order valence-corrected chi connectivity index (χ3v) is 4.39. The van der Waals surface area contributed by atoms with Crippen LogP contribution in [0.25, 0.3) is 0 Å². The highest BCUT2D eigenvalue weighted by Crippen LogP contribution is 2.31. The molecular formula is C23H35IN4O4. The van der Waals surface area contributed by atoms with E-state index in [0.29, 0.717) is 31.5 Å². The molecule has 0 saturated heterocycles. The van der Waals surface area contributed by atoms with Gasteiger partial charge in [-0.1, -0.05) is 19.9 Å². The third-order valence-electron chi connectivity index (χ3n) is 4.39. The minimum absolute atomic E-state index is 0. The molecule has 4 N–H and O–H groups in total. The maximum absolute atomic E-state index is 11.2. The van der Waals surface area contributed by atoms with Crippen LogP contribution in [0, 0.1) is 0 Å². The Balaban J connectivity index is 0.00000512. The van der Waals surface area contributed by atoms with Crippen molar-refractivity contribution in [3.63, 3.8) is 0 Å². The highest BCUT2D eigenvalue weighted by Gasteiger charge is 2.13. The summed E-state index contributed by atoms with van der Waals surface area (Å²) < 4.78 is 17.1. The number of nitrogens with zero attached hydrogens (tertiary/aromatic N) is 1. The molecular weight excluding hydrogens is 523 g/mol. The number of carbonyl (C=O) groups excluding carboxylic acids is 1. The summed E-state index contributed by atoms with van der Waals surface area (Å²) in [4.78, 5) is 15.7. The molecule has 0 saturated carbocycles. The van der Waals surface area contributed by atoms with Gasteiger partial charge in [0.05, 0.1) is 19.3 Å². The normalized spacial score (nSPS) is 11.9. The standard InChI is InChI=1S/C23H34N4O4.HI/c1-5-12-29-19-10-8-17(14-21(19)30-13-6-2)16(4)27-23(25-7-3)26-15-18-9-11-20(31-18)22(24)28;/h8-11,14,16H,5-7,12-13,15H2,1-4H3,(H2,24,28)(H2,25,26,27);1H. The molecule has 0 aliphatic rings. The van der Waals surface area contributed by atoms with E-state index in [1.54, 1.807) is 12.1 Å². The lowest BCUT2D eigenvalue weighted by Gasteiger charge is -2.20. The Morgan fingerprint density at radius 2 is 1.78 bits per heavy atom. The number of benzene rings is 1. The minimum Gasteiger partial charge on any atom is -0.490 e. The molecule has 1 aromatic heterocycles. The van der Waals surface area contributed by atoms with E-state index in [4.69, 9.17) is 19.6 Å². The molecule has 1 heterocycles. The van der Waals surface area contributed by atoms with Crippen LogP contribution in [-0.4, -0.2) is 31.6 Å². The Hall–Kier alpha value is -2.43. The van der Waals surface area contributed by atoms with Gasteiger partial charge >= 0.3 is 0 Å². The van der Waals surface area contributed by atoms with Gasteiger partial charge in [-0.2, -0.15) is 0 Å². The Labute approximate surface area is 207 Å². The van der Waals surface area contributed by atoms with Crippen LogP contribution in [0.4, 0.5) is 0 Å². The summed E-state index contributed by atoms with van der Waals surface area (Å²) in [6.07, 6.45) is 1.86. The molecule has 0 spiro atoms. The van der Waals surface area contributed by atoms with Crippen molar-refractivity contribution in [2.75, 3.05) is 19.8 Å². The van der Waals surface area contributed by atoms with Gasteiger partial charge in [0.15, 0.2) is 23.2 Å². The smallest absolute Gasteiger partial charge is 0.284 e. The van der Waals surface area contributed by atoms with Gasteiger partial charge < -0.3 is 30.3 Å². The molecule has 0 radical (unpaired) electrons. The fraction of sp³-hybridized carbons (Fsp3) is 0.478. The van der Waals surface area contributed by atoms with Gasteiger partial charge in [-0.3, -0.25) is 4.79 Å². The first-order valence-electron chi connectivity index (χ1n) is 10.8. The summed E-state index contributed by atoms with van der Waals surface area (Å²) in [5.74, 6) is 2.23. The van der Waals surface area contributed by atoms with Crippen LogP contribution in [-0.2, 0) is 6.54 Å². The zero-order valence-corrected chi connectivity index (χ0v) is 21.6. The second-order valence-electron chi connectivity index (χ2n) is 7.09. The monoisotopic (exact) mass is 558 g/mol. The van der Waals surface area contributed by atoms with Crippen molar-refractivity contribution in [2.24, 2.45) is 10.7 Å². The van der Waals surface area contributed by atoms with E-state index in [9.17, 15) is 4.79 Å². The molecule has 2 rings (SSSR count). The average molecular weight is 558 g/mol. The molecule has 32 heavy (non-hydrogen) atoms. The van der Waals surface area contributed by atoms with Gasteiger partial charge in [0.25, 0.3) is 5.91 Å². The van der Waals surface area contributed by atoms with E-state index in [0.717, 1.165) is 29.9 Å². The SMILES string of the molecule is CCCOc1ccc(C(C)NC(=NCc2ccc(C(N)=O)o2)NCC)cc1OCCC.I. The van der Waals surface area contributed by atoms with E-state index >= 15 is 0 Å². The third kappa shape index (κ3) is 8.60. The lowest BCUT2D eigenvalue weighted by atomic mass is 10.1. The predicted molar refractivity (Wildman–Crippen MR) is 137 cm³/mol. The maximum atomic E-state index is 11.2. The number of halogens is 1. The Morgan fingerprint density at radius 1 is 1.09 bits per heavy atom. The zero-order valence-electron chi connectivity index (χ0n) is 19.3. The van der Waals surface area contributed by atoms with Gasteiger partial charge in [-0.05, 0) is 56.5 Å². The van der Waals surface area contributed by atoms with Gasteiger partial charge in [-0.25, -0.2) is 4.99 Å². The van der Waals surface area contributed by atoms with Gasteiger partial charge in [0.1, 0.15) is 12.3 Å². The zero-order chi connectivity index (χ0) is 22.6. The quantitative estimate of drug-likeness (QED) is 0.203. The first kappa shape index (κ1) is 27.6. The number of amides is 1. The van der Waals surface area contributed by atoms with E-state index in [2.05, 4.69) is 36.4 Å². The first-order chi connectivity index (χ1) is 15.0. The van der Waals surface area contributed by atoms with Crippen molar-refractivity contribution in [3.05, 3.63) is 47.4 Å². The summed E-state index contributed by atoms with van der Waals surface area (Å²) in [5, 5.41) is 6.61. The molecule has 0 bridgehead atoms. The minimum atomic E-state index is -0.596. The summed E-state index contributed by atoms with van der Waals surface area (Å²) in [5.41, 5.74) is 6.28. The van der Waals surface area contributed by atoms with E-state index in [-0.39, 0.29) is 42.3 Å². The predicted octanol–water partition coefficient (Wildman–Crippen LogP) is 4.39. The molecule has 1 aromatic carbocycles. The van der Waals surface area contributed by atoms with Crippen LogP contribution in [0.1, 0.15) is 68.5 Å². The number of carbonyl (C=O) groups is 1. The Bertz CT molecular complexity index is 869. The molecule has 0 aliphatic heterocycles. The molecule has 1 atom stereocenters. The number of hydrogen-bond acceptors (Lipinski definition) is 5. The topological polar surface area (TPSA) is 111 Å². The summed E-state index contributed by atoms with van der Waals surface area (Å²) in [6, 6.07) is 9.20. The maximum Gasteiger partial charge on any atom is 0.284 e. The molecule has 0 aliphatic carbocycles. The van der Waals surface area contributed by atoms with Gasteiger partial charge in [-0.15, -0.1) is 24.0 Å². The fourth-order valence-corrected chi connectivity index (χ4v) is 2.81. The van der Waals surface area contributed by atoms with Crippen molar-refractivity contribution < 1.29 is 18.7 Å². The molecule has 9 heteroatoms. The van der Waals surface area contributed by atoms with Gasteiger partial charge in [0.2, 0.25) is 0 Å². The lowest BCUT2D eigenvalue weighted by molar-refractivity contribution is 0.0972. The van der Waals surface area contributed by atoms with Gasteiger partial charge in [0, 0.05) is 6.54 Å². The van der Waals surface area contributed by atoms with Crippen LogP contribution >= 0.6 is 24.0 Å². The summed E-state index contributed by atoms with van der Waals surface area (Å²) >= 11 is 0. The van der Waals surface area contributed by atoms with Crippen LogP contribution < -0.4 is 25.8 Å². The number of primary amides is 1. The molecule has 0 fully saturated rings. The average Bonchev–Trinajstić information content (AvgIpc) is 3.24. The number of hydrogen-bond donors (Lipinski definition) is 3. The van der Waals surface area contributed by atoms with Crippen molar-refractivity contribution in [2.45, 2.75) is 53.1 Å². The molecule has 2 aromatic rings. The molecule has 1 amide bonds. The lowest BCUT2D eigenvalue weighted by Crippen LogP contribution is -2.38. The highest BCUT2D eigenvalue weighted by atomic mass is 127. The van der Waals surface area contributed by atoms with Crippen LogP contribution in [0.3, 0.4) is 0 Å². The van der Waals surface area contributed by atoms with Crippen LogP contribution in [0.2, 0.25) is 0 Å². The van der Waals surface area contributed by atoms with E-state index < -0.39 is 5.91 Å². The van der Waals surface area contributed by atoms with Crippen molar-refractivity contribution in [1.82, 2.24) is 10.6 Å². The number of furan rings is 1. The fourth-order valence-electron chi connectivity index (χ4n) is 2.81. The highest BCUT2D eigenvalue weighted by molar-refractivity contribution is 14.0. The van der Waals surface area contributed by atoms with E-state index in [1.165, 1.54) is 0 Å². The second-order valence-corrected chi connectivity index (χ2v) is 7.09. The van der Waals surface area contributed by atoms with Crippen molar-refractivity contribution in [1.29, 1.82) is 0 Å². The van der Waals surface area contributed by atoms with Crippen LogP contribution in [0.5, 0.6) is 11.5 Å². The number of nitrogens with one attached hydrogen (secondary N) is 2. The molecule has 1 unspecified atom stereocenters.